The maximum atomic E-state index is 9.53. The van der Waals surface area contributed by atoms with E-state index in [1.54, 1.807) is 7.11 Å². The number of hydrogen-bond donors (Lipinski definition) is 1. The first kappa shape index (κ1) is 13.8. The molecular formula is C16H19N3O2. The Hall–Kier alpha value is -2.14. The predicted octanol–water partition coefficient (Wildman–Crippen LogP) is 2.11. The number of ether oxygens (including phenoxy) is 1. The molecule has 110 valence electrons. The van der Waals surface area contributed by atoms with Gasteiger partial charge in [-0.2, -0.15) is 0 Å². The normalized spacial score (nSPS) is 16.0. The average molecular weight is 285 g/mol. The summed E-state index contributed by atoms with van der Waals surface area (Å²) in [7, 11) is 1.66. The highest BCUT2D eigenvalue weighted by Crippen LogP contribution is 2.23. The summed E-state index contributed by atoms with van der Waals surface area (Å²) < 4.78 is 5.15. The van der Waals surface area contributed by atoms with Crippen molar-refractivity contribution in [3.05, 3.63) is 36.7 Å². The van der Waals surface area contributed by atoms with Crippen molar-refractivity contribution in [1.82, 2.24) is 9.97 Å². The maximum Gasteiger partial charge on any atom is 0.225 e. The van der Waals surface area contributed by atoms with Gasteiger partial charge in [0.15, 0.2) is 0 Å². The molecule has 1 aromatic heterocycles. The van der Waals surface area contributed by atoms with Crippen molar-refractivity contribution in [1.29, 1.82) is 0 Å². The monoisotopic (exact) mass is 285 g/mol. The van der Waals surface area contributed by atoms with E-state index in [9.17, 15) is 5.11 Å². The largest absolute Gasteiger partial charge is 0.497 e. The molecule has 1 saturated heterocycles. The zero-order valence-electron chi connectivity index (χ0n) is 12.1. The molecule has 2 aromatic rings. The Bertz CT molecular complexity index is 575. The minimum Gasteiger partial charge on any atom is -0.497 e. The molecule has 2 heterocycles. The molecule has 5 nitrogen and oxygen atoms in total. The summed E-state index contributed by atoms with van der Waals surface area (Å²) in [5.41, 5.74) is 2.05. The second-order valence-electron chi connectivity index (χ2n) is 5.22. The van der Waals surface area contributed by atoms with E-state index in [2.05, 4.69) is 14.9 Å². The van der Waals surface area contributed by atoms with Gasteiger partial charge in [0.1, 0.15) is 5.75 Å². The van der Waals surface area contributed by atoms with Crippen LogP contribution in [0.5, 0.6) is 5.75 Å². The van der Waals surface area contributed by atoms with Crippen molar-refractivity contribution < 1.29 is 9.84 Å². The van der Waals surface area contributed by atoms with Crippen LogP contribution in [0.4, 0.5) is 5.95 Å². The van der Waals surface area contributed by atoms with Crippen LogP contribution in [-0.4, -0.2) is 41.4 Å². The fourth-order valence-corrected chi connectivity index (χ4v) is 2.48. The van der Waals surface area contributed by atoms with Gasteiger partial charge < -0.3 is 14.7 Å². The molecule has 0 unspecified atom stereocenters. The van der Waals surface area contributed by atoms with Crippen molar-refractivity contribution in [2.45, 2.75) is 18.9 Å². The second-order valence-corrected chi connectivity index (χ2v) is 5.22. The molecule has 1 aliphatic heterocycles. The zero-order chi connectivity index (χ0) is 14.7. The molecule has 21 heavy (non-hydrogen) atoms. The Morgan fingerprint density at radius 2 is 1.67 bits per heavy atom. The van der Waals surface area contributed by atoms with Gasteiger partial charge in [-0.1, -0.05) is 12.1 Å². The summed E-state index contributed by atoms with van der Waals surface area (Å²) in [6, 6.07) is 7.84. The van der Waals surface area contributed by atoms with Crippen molar-refractivity contribution in [2.75, 3.05) is 25.1 Å². The van der Waals surface area contributed by atoms with E-state index in [1.165, 1.54) is 0 Å². The van der Waals surface area contributed by atoms with E-state index < -0.39 is 0 Å². The van der Waals surface area contributed by atoms with E-state index in [1.807, 2.05) is 36.7 Å². The van der Waals surface area contributed by atoms with Crippen LogP contribution in [0.2, 0.25) is 0 Å². The van der Waals surface area contributed by atoms with Crippen LogP contribution in [-0.2, 0) is 0 Å². The van der Waals surface area contributed by atoms with E-state index >= 15 is 0 Å². The lowest BCUT2D eigenvalue weighted by Gasteiger charge is -2.29. The third-order valence-electron chi connectivity index (χ3n) is 3.81. The van der Waals surface area contributed by atoms with Crippen LogP contribution >= 0.6 is 0 Å². The first-order valence-corrected chi connectivity index (χ1v) is 7.16. The molecule has 1 N–H and O–H groups in total. The summed E-state index contributed by atoms with van der Waals surface area (Å²) in [6.07, 6.45) is 5.07. The van der Waals surface area contributed by atoms with Crippen LogP contribution in [0.3, 0.4) is 0 Å². The highest BCUT2D eigenvalue weighted by molar-refractivity contribution is 5.62. The smallest absolute Gasteiger partial charge is 0.225 e. The van der Waals surface area contributed by atoms with Crippen molar-refractivity contribution in [3.8, 4) is 16.9 Å². The Labute approximate surface area is 124 Å². The lowest BCUT2D eigenvalue weighted by Crippen LogP contribution is -2.36. The van der Waals surface area contributed by atoms with Gasteiger partial charge >= 0.3 is 0 Å². The van der Waals surface area contributed by atoms with Gasteiger partial charge in [0.05, 0.1) is 13.2 Å². The number of aromatic nitrogens is 2. The Balaban J connectivity index is 1.74. The van der Waals surface area contributed by atoms with Crippen molar-refractivity contribution in [3.63, 3.8) is 0 Å². The number of aliphatic hydroxyl groups is 1. The highest BCUT2D eigenvalue weighted by atomic mass is 16.5. The molecular weight excluding hydrogens is 266 g/mol. The fraction of sp³-hybridized carbons (Fsp3) is 0.375. The van der Waals surface area contributed by atoms with Gasteiger partial charge in [0.2, 0.25) is 5.95 Å². The van der Waals surface area contributed by atoms with Gasteiger partial charge in [0, 0.05) is 31.0 Å². The highest BCUT2D eigenvalue weighted by Gasteiger charge is 2.18. The number of benzene rings is 1. The van der Waals surface area contributed by atoms with E-state index in [0.29, 0.717) is 0 Å². The Kier molecular flexibility index (Phi) is 4.01. The summed E-state index contributed by atoms with van der Waals surface area (Å²) >= 11 is 0. The molecule has 0 atom stereocenters. The Morgan fingerprint density at radius 1 is 1.05 bits per heavy atom. The molecule has 0 spiro atoms. The van der Waals surface area contributed by atoms with Crippen molar-refractivity contribution >= 4 is 5.95 Å². The van der Waals surface area contributed by atoms with Gasteiger partial charge in [-0.3, -0.25) is 0 Å². The van der Waals surface area contributed by atoms with Crippen LogP contribution in [0, 0.1) is 0 Å². The minimum absolute atomic E-state index is 0.181. The molecule has 0 saturated carbocycles. The summed E-state index contributed by atoms with van der Waals surface area (Å²) in [6.45, 7) is 1.62. The van der Waals surface area contributed by atoms with Gasteiger partial charge in [-0.15, -0.1) is 0 Å². The van der Waals surface area contributed by atoms with Crippen molar-refractivity contribution in [2.24, 2.45) is 0 Å². The molecule has 1 aliphatic rings. The number of methoxy groups -OCH3 is 1. The first-order chi connectivity index (χ1) is 10.3. The molecule has 5 heteroatoms. The predicted molar refractivity (Wildman–Crippen MR) is 81.5 cm³/mol. The first-order valence-electron chi connectivity index (χ1n) is 7.16. The number of piperidine rings is 1. The topological polar surface area (TPSA) is 58.5 Å². The third-order valence-corrected chi connectivity index (χ3v) is 3.81. The number of hydrogen-bond acceptors (Lipinski definition) is 5. The standard InChI is InChI=1S/C16H19N3O2/c1-21-15-4-2-12(3-5-15)13-10-17-16(18-11-13)19-8-6-14(20)7-9-19/h2-5,10-11,14,20H,6-9H2,1H3. The van der Waals surface area contributed by atoms with Crippen LogP contribution in [0.1, 0.15) is 12.8 Å². The lowest BCUT2D eigenvalue weighted by atomic mass is 10.1. The van der Waals surface area contributed by atoms with Crippen LogP contribution in [0.25, 0.3) is 11.1 Å². The number of aliphatic hydroxyl groups excluding tert-OH is 1. The molecule has 0 radical (unpaired) electrons. The van der Waals surface area contributed by atoms with Crippen LogP contribution in [0.15, 0.2) is 36.7 Å². The SMILES string of the molecule is COc1ccc(-c2cnc(N3CCC(O)CC3)nc2)cc1. The molecule has 0 bridgehead atoms. The van der Waals surface area contributed by atoms with Gasteiger partial charge in [-0.25, -0.2) is 9.97 Å². The maximum absolute atomic E-state index is 9.53. The van der Waals surface area contributed by atoms with Gasteiger partial charge in [-0.05, 0) is 30.5 Å². The Morgan fingerprint density at radius 3 is 2.24 bits per heavy atom. The third kappa shape index (κ3) is 3.13. The summed E-state index contributed by atoms with van der Waals surface area (Å²) in [5, 5.41) is 9.53. The summed E-state index contributed by atoms with van der Waals surface area (Å²) in [4.78, 5) is 11.0. The molecule has 1 aromatic carbocycles. The fourth-order valence-electron chi connectivity index (χ4n) is 2.48. The summed E-state index contributed by atoms with van der Waals surface area (Å²) in [5.74, 6) is 1.57. The van der Waals surface area contributed by atoms with E-state index in [-0.39, 0.29) is 6.10 Å². The van der Waals surface area contributed by atoms with E-state index in [4.69, 9.17) is 4.74 Å². The van der Waals surface area contributed by atoms with E-state index in [0.717, 1.165) is 48.8 Å². The molecule has 0 amide bonds. The minimum atomic E-state index is -0.181. The lowest BCUT2D eigenvalue weighted by molar-refractivity contribution is 0.145. The quantitative estimate of drug-likeness (QED) is 0.936. The van der Waals surface area contributed by atoms with Crippen LogP contribution < -0.4 is 9.64 Å². The number of anilines is 1. The molecule has 0 aliphatic carbocycles. The molecule has 3 rings (SSSR count). The second kappa shape index (κ2) is 6.10. The number of nitrogens with zero attached hydrogens (tertiary/aromatic N) is 3. The van der Waals surface area contributed by atoms with Gasteiger partial charge in [0.25, 0.3) is 0 Å². The molecule has 1 fully saturated rings. The average Bonchev–Trinajstić information content (AvgIpc) is 2.56. The number of rotatable bonds is 3. The zero-order valence-corrected chi connectivity index (χ0v) is 12.1.